The predicted octanol–water partition coefficient (Wildman–Crippen LogP) is 29.2. The highest BCUT2D eigenvalue weighted by Crippen LogP contribution is 2.57. The molecule has 0 saturated carbocycles. The molecule has 4 heterocycles. The number of hydrogen-bond donors (Lipinski definition) is 0. The van der Waals surface area contributed by atoms with Crippen molar-refractivity contribution in [2.75, 3.05) is 9.80 Å². The summed E-state index contributed by atoms with van der Waals surface area (Å²) >= 11 is 0. The summed E-state index contributed by atoms with van der Waals surface area (Å²) in [7, 11) is 0. The van der Waals surface area contributed by atoms with Crippen LogP contribution < -0.4 is 26.2 Å². The quantitative estimate of drug-likeness (QED) is 0.0958. The van der Waals surface area contributed by atoms with E-state index in [-0.39, 0.29) is 44.7 Å². The lowest BCUT2D eigenvalue weighted by molar-refractivity contribution is 0.590. The van der Waals surface area contributed by atoms with E-state index in [1.54, 1.807) is 70.5 Å². The molecule has 18 aromatic rings. The zero-order valence-electron chi connectivity index (χ0n) is 95.6. The van der Waals surface area contributed by atoms with Crippen LogP contribution in [0.25, 0.3) is 138 Å². The van der Waals surface area contributed by atoms with Crippen LogP contribution >= 0.6 is 0 Å². The Bertz CT molecular complexity index is 8260. The van der Waals surface area contributed by atoms with Crippen molar-refractivity contribution < 1.29 is 37.0 Å². The van der Waals surface area contributed by atoms with Crippen LogP contribution in [-0.2, 0) is 21.7 Å². The van der Waals surface area contributed by atoms with Crippen LogP contribution in [0.4, 0.5) is 39.8 Å². The van der Waals surface area contributed by atoms with Crippen LogP contribution in [0, 0.1) is 17.9 Å². The Labute approximate surface area is 749 Å². The molecule has 2 aliphatic heterocycles. The third-order valence-electron chi connectivity index (χ3n) is 23.4. The fourth-order valence-corrected chi connectivity index (χ4v) is 17.1. The van der Waals surface area contributed by atoms with Gasteiger partial charge < -0.3 is 18.9 Å². The molecule has 0 radical (unpaired) electrons. The molecule has 0 saturated heterocycles. The zero-order chi connectivity index (χ0) is 107. The van der Waals surface area contributed by atoms with E-state index in [1.165, 1.54) is 0 Å². The lowest BCUT2D eigenvalue weighted by Crippen LogP contribution is -2.61. The van der Waals surface area contributed by atoms with Gasteiger partial charge in [-0.25, -0.2) is 4.85 Å². The number of fused-ring (bicyclic) bond motifs is 10. The summed E-state index contributed by atoms with van der Waals surface area (Å²) in [5.41, 5.74) is 0.659. The van der Waals surface area contributed by atoms with E-state index in [1.807, 2.05) is 204 Å². The molecule has 6 nitrogen and oxygen atoms in total. The summed E-state index contributed by atoms with van der Waals surface area (Å²) in [6, 6.07) is 35.1. The molecular formula is C114H93BN6. The van der Waals surface area contributed by atoms with Crippen LogP contribution in [0.5, 0.6) is 0 Å². The van der Waals surface area contributed by atoms with Crippen molar-refractivity contribution in [3.63, 3.8) is 0 Å². The Hall–Kier alpha value is -14.2. The van der Waals surface area contributed by atoms with E-state index in [4.69, 9.17) is 6.57 Å². The van der Waals surface area contributed by atoms with Gasteiger partial charge in [0.15, 0.2) is 5.69 Å². The van der Waals surface area contributed by atoms with Crippen LogP contribution in [0.15, 0.2) is 345 Å². The Morgan fingerprint density at radius 3 is 0.975 bits per heavy atom. The topological polar surface area (TPSA) is 44.5 Å². The highest BCUT2D eigenvalue weighted by molar-refractivity contribution is 7.00. The monoisotopic (exact) mass is 1580 g/mol. The number of para-hydroxylation sites is 4. The summed E-state index contributed by atoms with van der Waals surface area (Å²) in [6.45, 7) is 30.6. The van der Waals surface area contributed by atoms with Gasteiger partial charge in [0.1, 0.15) is 0 Å². The molecule has 2 aliphatic rings. The first-order chi connectivity index (χ1) is 69.7. The molecule has 0 aliphatic carbocycles. The molecular weight excluding hydrogens is 1460 g/mol. The number of nitrogens with zero attached hydrogens (tertiary/aromatic N) is 6. The van der Waals surface area contributed by atoms with E-state index in [0.29, 0.717) is 78.0 Å². The van der Waals surface area contributed by atoms with Crippen molar-refractivity contribution in [2.24, 2.45) is 0 Å². The van der Waals surface area contributed by atoms with E-state index < -0.39 is 263 Å². The number of benzene rings is 16. The summed E-state index contributed by atoms with van der Waals surface area (Å²) in [6.07, 6.45) is 0. The molecule has 20 rings (SSSR count). The molecule has 0 spiro atoms. The van der Waals surface area contributed by atoms with Crippen LogP contribution in [0.3, 0.4) is 0 Å². The van der Waals surface area contributed by atoms with Crippen LogP contribution in [0.1, 0.15) is 148 Å². The molecule has 0 unspecified atom stereocenters. The molecule has 0 amide bonds. The Balaban J connectivity index is 1.12. The fourth-order valence-electron chi connectivity index (χ4n) is 17.1. The highest BCUT2D eigenvalue weighted by atomic mass is 15.2. The van der Waals surface area contributed by atoms with Gasteiger partial charge in [0.2, 0.25) is 0 Å². The van der Waals surface area contributed by atoms with E-state index in [2.05, 4.69) is 10.9 Å². The average molecular weight is 1590 g/mol. The lowest BCUT2D eigenvalue weighted by Gasteiger charge is -2.46. The summed E-state index contributed by atoms with van der Waals surface area (Å²) in [5.74, 6) is 0. The van der Waals surface area contributed by atoms with Crippen molar-refractivity contribution in [3.05, 3.63) is 384 Å². The van der Waals surface area contributed by atoms with Gasteiger partial charge >= 0.3 is 0 Å². The van der Waals surface area contributed by atoms with Gasteiger partial charge in [-0.3, -0.25) is 0 Å². The number of anilines is 6. The minimum Gasteiger partial charge on any atom is -0.310 e. The van der Waals surface area contributed by atoms with Crippen LogP contribution in [0.2, 0.25) is 0 Å². The normalized spacial score (nSPS) is 15.9. The third-order valence-corrected chi connectivity index (χ3v) is 23.4. The highest BCUT2D eigenvalue weighted by Gasteiger charge is 2.47. The minimum absolute atomic E-state index is 0.0149. The van der Waals surface area contributed by atoms with Gasteiger partial charge in [0, 0.05) is 77.9 Å². The van der Waals surface area contributed by atoms with E-state index in [9.17, 15) is 42.3 Å². The van der Waals surface area contributed by atoms with E-state index >= 15 is 0 Å². The second-order valence-electron chi connectivity index (χ2n) is 35.1. The van der Waals surface area contributed by atoms with Crippen LogP contribution in [-0.4, -0.2) is 15.8 Å². The largest absolute Gasteiger partial charge is 0.310 e. The number of rotatable bonds is 11. The maximum atomic E-state index is 12.2. The zero-order valence-corrected chi connectivity index (χ0v) is 68.6. The van der Waals surface area contributed by atoms with Gasteiger partial charge in [-0.2, -0.15) is 5.26 Å². The van der Waals surface area contributed by atoms with Crippen molar-refractivity contribution in [3.8, 4) is 95.3 Å². The van der Waals surface area contributed by atoms with Crippen molar-refractivity contribution >= 4 is 107 Å². The van der Waals surface area contributed by atoms with Gasteiger partial charge in [-0.15, -0.1) is 0 Å². The summed E-state index contributed by atoms with van der Waals surface area (Å²) in [4.78, 5) is 7.10. The van der Waals surface area contributed by atoms with Crippen molar-refractivity contribution in [2.45, 2.75) is 105 Å². The molecule has 7 heteroatoms. The smallest absolute Gasteiger partial charge is 0.252 e. The maximum Gasteiger partial charge on any atom is 0.252 e. The Kier molecular flexibility index (Phi) is 12.2. The van der Waals surface area contributed by atoms with Crippen molar-refractivity contribution in [1.82, 2.24) is 9.13 Å². The molecule has 0 fully saturated rings. The number of nitriles is 1. The molecule has 121 heavy (non-hydrogen) atoms. The van der Waals surface area contributed by atoms with Gasteiger partial charge in [-0.05, 0) is 213 Å². The van der Waals surface area contributed by atoms with Crippen molar-refractivity contribution in [1.29, 1.82) is 5.26 Å². The lowest BCUT2D eigenvalue weighted by atomic mass is 9.33. The second kappa shape index (κ2) is 28.8. The molecule has 16 aromatic carbocycles. The SMILES string of the molecule is [2H]c1c([2H])c([2H])c(-c2cc3c4c(c2)N(c2c(-c5cccc(C(C)(C)C)c5)cc(-c5ccc([N+]#[C-])cc5)cc2-c2cccc(C(C)(C)C)c2)c2c([2H])c(-n5c6c([2H])c([2H])c([2H])c([2H])c6c6c([2H])c([2H])c([2H])c([2H])c65)c([2H])c([2H])c2B4c2c([2H])c([2H])c(-n4c5c([2H])c([2H])c([2H])c([2H])c5c5c([2H])c([2H])c([2H])c([2H])c54)c([2H])c2N3c2c(-c3cccc(C(C)(C)C)c3)cc(-c3ccc(C#N)cc3)cc2-c2cccc(C(C)(C)C)c2)c([2H])c1[2H]. The van der Waals surface area contributed by atoms with Gasteiger partial charge in [-0.1, -0.05) is 331 Å². The average Bonchev–Trinajstić information content (AvgIpc) is 1.26. The molecule has 0 bridgehead atoms. The van der Waals surface area contributed by atoms with Gasteiger partial charge in [0.25, 0.3) is 6.71 Å². The third kappa shape index (κ3) is 13.0. The van der Waals surface area contributed by atoms with Gasteiger partial charge in [0.05, 0.1) is 88.7 Å². The molecule has 0 N–H and O–H groups in total. The molecule has 2 aromatic heterocycles. The Morgan fingerprint density at radius 1 is 0.322 bits per heavy atom. The summed E-state index contributed by atoms with van der Waals surface area (Å²) in [5, 5.41) is 8.63. The molecule has 582 valence electrons. The number of hydrogen-bond acceptors (Lipinski definition) is 3. The standard InChI is InChI=1S/C114H93BN6/c1-111(2,3)83-35-25-31-76(59-83)94-63-80(74-49-47-72(71-116)48-50-74)64-95(77-32-26-36-84(60-77)112(4,5)6)109(94)120-104-69-88(118-100-43-21-17-39-90(100)91-40-18-22-44-101(91)118)55-57-98(104)115-99-58-56-89(119-102-45-23-19-41-92(102)93-42-20-24-46-103(93)119)70-105(99)121(107-68-82(67-106(120)108(107)115)73-29-15-14-16-30-73)110-96(78-33-27-37-85(61-78)113(7,8)9)65-81(75-51-53-87(117-13)54-52-75)66-97(110)79-34-28-38-86(62-79)114(10,11)12/h14-70H,1-12H3/i14D,15D,16D,17D,18D,19D,20D,21D,22D,23D,24D,29D,30D,39D,40D,41D,42D,43D,44D,45D,46D,55D,56D,57D,58D,69D,70D. The minimum atomic E-state index is -2.00. The maximum absolute atomic E-state index is 12.2. The van der Waals surface area contributed by atoms with E-state index in [0.717, 1.165) is 31.4 Å². The summed E-state index contributed by atoms with van der Waals surface area (Å²) < 4.78 is 278. The molecule has 0 atom stereocenters. The Morgan fingerprint density at radius 2 is 0.645 bits per heavy atom. The second-order valence-corrected chi connectivity index (χ2v) is 35.1. The first-order valence-corrected chi connectivity index (χ1v) is 40.1. The predicted molar refractivity (Wildman–Crippen MR) is 513 cm³/mol. The fraction of sp³-hybridized carbons (Fsp3) is 0.140. The first kappa shape index (κ1) is 51.2. The number of aromatic nitrogens is 2. The first-order valence-electron chi connectivity index (χ1n) is 53.6.